The third-order valence-electron chi connectivity index (χ3n) is 2.52. The van der Waals surface area contributed by atoms with Gasteiger partial charge in [-0.05, 0) is 25.3 Å². The monoisotopic (exact) mass is 276 g/mol. The quantitative estimate of drug-likeness (QED) is 0.485. The number of rotatable bonds is 0. The van der Waals surface area contributed by atoms with Gasteiger partial charge in [-0.1, -0.05) is 0 Å². The maximum atomic E-state index is 13.2. The molecule has 0 saturated carbocycles. The summed E-state index contributed by atoms with van der Waals surface area (Å²) in [6.45, 7) is 0. The van der Waals surface area contributed by atoms with E-state index in [0.29, 0.717) is 6.08 Å². The smallest absolute Gasteiger partial charge is 0.298 e. The minimum atomic E-state index is -5.05. The molecule has 0 aromatic rings. The van der Waals surface area contributed by atoms with Crippen LogP contribution in [0, 0.1) is 0 Å². The second-order valence-electron chi connectivity index (χ2n) is 3.82. The maximum Gasteiger partial charge on any atom is 0.362 e. The van der Waals surface area contributed by atoms with Gasteiger partial charge < -0.3 is 0 Å². The van der Waals surface area contributed by atoms with Crippen molar-refractivity contribution in [2.45, 2.75) is 42.9 Å². The van der Waals surface area contributed by atoms with Gasteiger partial charge >= 0.3 is 11.8 Å². The van der Waals surface area contributed by atoms with E-state index < -0.39 is 28.8 Å². The maximum absolute atomic E-state index is 13.2. The normalized spacial score (nSPS) is 32.7. The molecule has 0 bridgehead atoms. The molecule has 1 atom stereocenters. The first-order valence-corrected chi connectivity index (χ1v) is 5.43. The van der Waals surface area contributed by atoms with E-state index in [1.54, 1.807) is 0 Å². The molecule has 7 heteroatoms. The molecule has 0 heterocycles. The highest BCUT2D eigenvalue weighted by Gasteiger charge is 2.65. The Morgan fingerprint density at radius 1 is 1.24 bits per heavy atom. The molecule has 0 aromatic carbocycles. The third kappa shape index (κ3) is 2.61. The van der Waals surface area contributed by atoms with E-state index in [2.05, 4.69) is 0 Å². The van der Waals surface area contributed by atoms with Gasteiger partial charge in [-0.25, -0.2) is 4.39 Å². The highest BCUT2D eigenvalue weighted by atomic mass is 35.5. The number of Topliss-reactive ketones (excluding diaryl/α,β-unsaturated/α-hetero) is 1. The Balaban J connectivity index is 3.17. The van der Waals surface area contributed by atoms with Gasteiger partial charge in [0.05, 0.1) is 0 Å². The largest absolute Gasteiger partial charge is 0.362 e. The van der Waals surface area contributed by atoms with Gasteiger partial charge in [-0.3, -0.25) is 4.79 Å². The van der Waals surface area contributed by atoms with Gasteiger partial charge in [0.15, 0.2) is 17.0 Å². The number of halogens is 6. The van der Waals surface area contributed by atoms with Gasteiger partial charge in [0.1, 0.15) is 0 Å². The molecule has 0 unspecified atom stereocenters. The molecule has 1 aliphatic rings. The summed E-state index contributed by atoms with van der Waals surface area (Å²) >= 11 is 5.04. The van der Waals surface area contributed by atoms with Crippen molar-refractivity contribution >= 4 is 17.4 Å². The highest BCUT2D eigenvalue weighted by Crippen LogP contribution is 2.45. The number of allylic oxidation sites excluding steroid dienone is 2. The number of hydrogen-bond acceptors (Lipinski definition) is 1. The van der Waals surface area contributed by atoms with Crippen LogP contribution in [0.2, 0.25) is 0 Å². The molecule has 0 saturated heterocycles. The molecular weight excluding hydrogens is 267 g/mol. The van der Waals surface area contributed by atoms with Crippen LogP contribution in [0.3, 0.4) is 0 Å². The predicted molar refractivity (Wildman–Crippen MR) is 52.2 cm³/mol. The highest BCUT2D eigenvalue weighted by molar-refractivity contribution is 6.32. The molecule has 0 fully saturated rings. The van der Waals surface area contributed by atoms with Gasteiger partial charge in [0.25, 0.3) is 0 Å². The average Bonchev–Trinajstić information content (AvgIpc) is 2.25. The van der Waals surface area contributed by atoms with Crippen LogP contribution in [-0.4, -0.2) is 23.0 Å². The Morgan fingerprint density at radius 3 is 2.41 bits per heavy atom. The van der Waals surface area contributed by atoms with Crippen molar-refractivity contribution in [1.29, 1.82) is 0 Å². The average molecular weight is 277 g/mol. The van der Waals surface area contributed by atoms with Crippen LogP contribution in [0.4, 0.5) is 22.0 Å². The minimum absolute atomic E-state index is 0.113. The van der Waals surface area contributed by atoms with E-state index in [1.807, 2.05) is 0 Å². The molecule has 0 amide bonds. The summed E-state index contributed by atoms with van der Waals surface area (Å²) in [5.74, 6) is -13.4. The summed E-state index contributed by atoms with van der Waals surface area (Å²) in [5, 5.41) is -2.71. The van der Waals surface area contributed by atoms with Crippen LogP contribution in [-0.2, 0) is 4.79 Å². The van der Waals surface area contributed by atoms with E-state index in [9.17, 15) is 26.7 Å². The zero-order valence-corrected chi connectivity index (χ0v) is 9.42. The number of hydrogen-bond donors (Lipinski definition) is 0. The summed E-state index contributed by atoms with van der Waals surface area (Å²) in [7, 11) is 0. The fraction of sp³-hybridized carbons (Fsp3) is 0.700. The Hall–Kier alpha value is -0.650. The first-order chi connectivity index (χ1) is 7.71. The molecule has 1 aliphatic carbocycles. The van der Waals surface area contributed by atoms with Crippen LogP contribution < -0.4 is 0 Å². The zero-order chi connectivity index (χ0) is 13.3. The lowest BCUT2D eigenvalue weighted by atomic mass is 9.97. The van der Waals surface area contributed by atoms with Gasteiger partial charge in [-0.15, -0.1) is 11.6 Å². The number of carbonyl (C=O) groups is 1. The Kier molecular flexibility index (Phi) is 4.17. The number of alkyl halides is 5. The van der Waals surface area contributed by atoms with Crippen molar-refractivity contribution in [3.05, 3.63) is 11.9 Å². The standard InChI is InChI=1S/C10H10ClF5O/c11-8-6(17)4-2-1-3-5-7(12)9(13,14)10(8,15)16/h5,8H,1-4H2/b7-5-/t8-/m0/s1. The topological polar surface area (TPSA) is 17.1 Å². The van der Waals surface area contributed by atoms with E-state index in [4.69, 9.17) is 11.6 Å². The van der Waals surface area contributed by atoms with Crippen LogP contribution in [0.5, 0.6) is 0 Å². The van der Waals surface area contributed by atoms with Crippen molar-refractivity contribution in [2.75, 3.05) is 0 Å². The summed E-state index contributed by atoms with van der Waals surface area (Å²) in [6.07, 6.45) is 0.484. The van der Waals surface area contributed by atoms with Gasteiger partial charge in [0, 0.05) is 6.42 Å². The SMILES string of the molecule is O=C1CCCC/C=C(\F)C(F)(F)C(F)(F)[C@H]1Cl. The summed E-state index contributed by atoms with van der Waals surface area (Å²) in [4.78, 5) is 11.2. The minimum Gasteiger partial charge on any atom is -0.298 e. The fourth-order valence-corrected chi connectivity index (χ4v) is 1.69. The summed E-state index contributed by atoms with van der Waals surface area (Å²) < 4.78 is 65.7. The first-order valence-electron chi connectivity index (χ1n) is 5.00. The third-order valence-corrected chi connectivity index (χ3v) is 3.04. The molecule has 98 valence electrons. The van der Waals surface area contributed by atoms with Crippen molar-refractivity contribution in [3.63, 3.8) is 0 Å². The van der Waals surface area contributed by atoms with Gasteiger partial charge in [-0.2, -0.15) is 17.6 Å². The lowest BCUT2D eigenvalue weighted by Crippen LogP contribution is -2.51. The molecule has 0 aromatic heterocycles. The zero-order valence-electron chi connectivity index (χ0n) is 8.66. The molecule has 0 spiro atoms. The Bertz CT molecular complexity index is 340. The lowest BCUT2D eigenvalue weighted by Gasteiger charge is -2.28. The van der Waals surface area contributed by atoms with Crippen molar-refractivity contribution in [2.24, 2.45) is 0 Å². The van der Waals surface area contributed by atoms with Gasteiger partial charge in [0.2, 0.25) is 0 Å². The van der Waals surface area contributed by atoms with E-state index in [1.165, 1.54) is 0 Å². The summed E-state index contributed by atoms with van der Waals surface area (Å²) in [5.41, 5.74) is 0. The second kappa shape index (κ2) is 4.92. The van der Waals surface area contributed by atoms with Crippen molar-refractivity contribution in [3.8, 4) is 0 Å². The molecule has 17 heavy (non-hydrogen) atoms. The molecule has 1 nitrogen and oxygen atoms in total. The molecular formula is C10H10ClF5O. The van der Waals surface area contributed by atoms with Crippen molar-refractivity contribution < 1.29 is 26.7 Å². The van der Waals surface area contributed by atoms with Crippen LogP contribution in [0.15, 0.2) is 11.9 Å². The summed E-state index contributed by atoms with van der Waals surface area (Å²) in [6, 6.07) is 0. The second-order valence-corrected chi connectivity index (χ2v) is 4.26. The van der Waals surface area contributed by atoms with E-state index in [0.717, 1.165) is 0 Å². The Morgan fingerprint density at radius 2 is 1.82 bits per heavy atom. The molecule has 0 radical (unpaired) electrons. The molecule has 1 rings (SSSR count). The number of ketones is 1. The number of carbonyl (C=O) groups excluding carboxylic acids is 1. The Labute approximate surface area is 99.6 Å². The molecule has 0 N–H and O–H groups in total. The van der Waals surface area contributed by atoms with E-state index >= 15 is 0 Å². The fourth-order valence-electron chi connectivity index (χ4n) is 1.45. The van der Waals surface area contributed by atoms with Crippen LogP contribution in [0.1, 0.15) is 25.7 Å². The first kappa shape index (κ1) is 14.4. The van der Waals surface area contributed by atoms with E-state index in [-0.39, 0.29) is 25.7 Å². The molecule has 0 aliphatic heterocycles. The van der Waals surface area contributed by atoms with Crippen LogP contribution >= 0.6 is 11.6 Å². The lowest BCUT2D eigenvalue weighted by molar-refractivity contribution is -0.196. The predicted octanol–water partition coefficient (Wildman–Crippen LogP) is 3.86. The van der Waals surface area contributed by atoms with Crippen molar-refractivity contribution in [1.82, 2.24) is 0 Å². The van der Waals surface area contributed by atoms with Crippen LogP contribution in [0.25, 0.3) is 0 Å².